The molecule has 6 heavy (non-hydrogen) atoms. The van der Waals surface area contributed by atoms with Gasteiger partial charge in [0, 0.05) is 14.1 Å². The third-order valence-electron chi connectivity index (χ3n) is 0.258. The van der Waals surface area contributed by atoms with Crippen molar-refractivity contribution in [1.29, 1.82) is 0 Å². The average Bonchev–Trinajstić information content (AvgIpc) is 1.35. The van der Waals surface area contributed by atoms with Crippen LogP contribution in [0.15, 0.2) is 0 Å². The fourth-order valence-corrected chi connectivity index (χ4v) is 0.0943. The lowest BCUT2D eigenvalue weighted by Crippen LogP contribution is -2.14. The molecule has 0 rings (SSSR count). The van der Waals surface area contributed by atoms with Crippen LogP contribution in [0, 0.1) is 0 Å². The van der Waals surface area contributed by atoms with Crippen molar-refractivity contribution in [1.82, 2.24) is 5.06 Å². The topological polar surface area (TPSA) is 32.7 Å². The van der Waals surface area contributed by atoms with Gasteiger partial charge < -0.3 is 9.78 Å². The van der Waals surface area contributed by atoms with E-state index in [2.05, 4.69) is 4.76 Å². The highest BCUT2D eigenvalue weighted by Gasteiger charge is 1.84. The molecule has 0 unspecified atom stereocenters. The van der Waals surface area contributed by atoms with Crippen LogP contribution >= 0.6 is 0 Å². The summed E-state index contributed by atoms with van der Waals surface area (Å²) in [4.78, 5) is 0. The van der Waals surface area contributed by atoms with Crippen molar-refractivity contribution >= 4 is 7.69 Å². The molecular formula is C2H7BNO2. The smallest absolute Gasteiger partial charge is 0.428 e. The summed E-state index contributed by atoms with van der Waals surface area (Å²) in [5.41, 5.74) is 0. The summed E-state index contributed by atoms with van der Waals surface area (Å²) in [5.74, 6) is 0. The molecule has 0 atom stereocenters. The van der Waals surface area contributed by atoms with Crippen LogP contribution in [-0.4, -0.2) is 31.9 Å². The molecule has 0 bridgehead atoms. The minimum Gasteiger partial charge on any atom is -0.428 e. The first-order valence-electron chi connectivity index (χ1n) is 1.57. The Kier molecular flexibility index (Phi) is 3.12. The van der Waals surface area contributed by atoms with Gasteiger partial charge in [-0.3, -0.25) is 0 Å². The number of hydrogen-bond donors (Lipinski definition) is 1. The average molecular weight is 87.9 g/mol. The molecule has 0 saturated carbocycles. The Labute approximate surface area is 37.8 Å². The normalized spacial score (nSPS) is 9.33. The molecule has 0 spiro atoms. The number of hydroxylamine groups is 2. The summed E-state index contributed by atoms with van der Waals surface area (Å²) in [5, 5.41) is 9.22. The Bertz CT molecular complexity index is 32.7. The van der Waals surface area contributed by atoms with Gasteiger partial charge in [-0.2, -0.15) is 0 Å². The van der Waals surface area contributed by atoms with Gasteiger partial charge in [-0.25, -0.2) is 5.06 Å². The Morgan fingerprint density at radius 3 is 2.17 bits per heavy atom. The predicted molar refractivity (Wildman–Crippen MR) is 22.7 cm³/mol. The van der Waals surface area contributed by atoms with Crippen molar-refractivity contribution in [2.75, 3.05) is 14.1 Å². The molecule has 0 saturated heterocycles. The maximum absolute atomic E-state index is 7.85. The van der Waals surface area contributed by atoms with Crippen LogP contribution in [0.1, 0.15) is 0 Å². The molecule has 0 aliphatic rings. The Morgan fingerprint density at radius 1 is 1.67 bits per heavy atom. The molecule has 35 valence electrons. The second-order valence-corrected chi connectivity index (χ2v) is 1.02. The minimum absolute atomic E-state index is 0.625. The molecule has 0 aromatic carbocycles. The van der Waals surface area contributed by atoms with Gasteiger partial charge in [-0.05, 0) is 0 Å². The van der Waals surface area contributed by atoms with E-state index in [1.165, 1.54) is 5.06 Å². The van der Waals surface area contributed by atoms with Crippen LogP contribution in [0.2, 0.25) is 0 Å². The molecule has 4 heteroatoms. The monoisotopic (exact) mass is 88.1 g/mol. The number of rotatable bonds is 2. The predicted octanol–water partition coefficient (Wildman–Crippen LogP) is -0.994. The van der Waals surface area contributed by atoms with Crippen molar-refractivity contribution in [2.24, 2.45) is 0 Å². The van der Waals surface area contributed by atoms with E-state index in [-0.39, 0.29) is 0 Å². The van der Waals surface area contributed by atoms with Crippen LogP contribution in [0.3, 0.4) is 0 Å². The maximum Gasteiger partial charge on any atom is 0.503 e. The third kappa shape index (κ3) is 3.94. The number of nitrogens with zero attached hydrogens (tertiary/aromatic N) is 1. The molecule has 3 nitrogen and oxygen atoms in total. The third-order valence-corrected chi connectivity index (χ3v) is 0.258. The first-order chi connectivity index (χ1) is 2.77. The summed E-state index contributed by atoms with van der Waals surface area (Å²) in [7, 11) is 3.97. The van der Waals surface area contributed by atoms with E-state index in [0.717, 1.165) is 0 Å². The largest absolute Gasteiger partial charge is 0.503 e. The van der Waals surface area contributed by atoms with Crippen molar-refractivity contribution in [3.8, 4) is 0 Å². The summed E-state index contributed by atoms with van der Waals surface area (Å²) < 4.78 is 4.31. The fraction of sp³-hybridized carbons (Fsp3) is 1.00. The van der Waals surface area contributed by atoms with E-state index in [4.69, 9.17) is 5.02 Å². The van der Waals surface area contributed by atoms with Gasteiger partial charge in [0.2, 0.25) is 0 Å². The van der Waals surface area contributed by atoms with Crippen LogP contribution in [0.5, 0.6) is 0 Å². The standard InChI is InChI=1S/C2H7BNO2/c1-4(2)6-3-5/h5H,1-2H3. The fourth-order valence-electron chi connectivity index (χ4n) is 0.0943. The van der Waals surface area contributed by atoms with E-state index in [1.807, 2.05) is 0 Å². The molecule has 1 N–H and O–H groups in total. The second-order valence-electron chi connectivity index (χ2n) is 1.02. The highest BCUT2D eigenvalue weighted by Crippen LogP contribution is 1.67. The zero-order valence-electron chi connectivity index (χ0n) is 3.88. The Balaban J connectivity index is 2.63. The summed E-state index contributed by atoms with van der Waals surface area (Å²) >= 11 is 0. The van der Waals surface area contributed by atoms with Crippen molar-refractivity contribution < 1.29 is 9.78 Å². The van der Waals surface area contributed by atoms with Crippen molar-refractivity contribution in [3.05, 3.63) is 0 Å². The van der Waals surface area contributed by atoms with Gasteiger partial charge in [0.25, 0.3) is 0 Å². The summed E-state index contributed by atoms with van der Waals surface area (Å²) in [6.07, 6.45) is 0. The van der Waals surface area contributed by atoms with E-state index >= 15 is 0 Å². The van der Waals surface area contributed by atoms with Crippen LogP contribution in [0.4, 0.5) is 0 Å². The molecule has 0 amide bonds. The molecule has 1 radical (unpaired) electrons. The lowest BCUT2D eigenvalue weighted by atomic mass is 10.4. The van der Waals surface area contributed by atoms with E-state index in [1.54, 1.807) is 14.1 Å². The molecule has 0 heterocycles. The molecule has 0 fully saturated rings. The van der Waals surface area contributed by atoms with Crippen molar-refractivity contribution in [2.45, 2.75) is 0 Å². The SMILES string of the molecule is CN(C)O[B]O. The van der Waals surface area contributed by atoms with E-state index in [0.29, 0.717) is 7.69 Å². The summed E-state index contributed by atoms with van der Waals surface area (Å²) in [6, 6.07) is 0. The summed E-state index contributed by atoms with van der Waals surface area (Å²) in [6.45, 7) is 0. The van der Waals surface area contributed by atoms with Crippen LogP contribution in [-0.2, 0) is 4.76 Å². The molecule has 0 aromatic heterocycles. The Hall–Kier alpha value is -0.0551. The first kappa shape index (κ1) is 5.94. The van der Waals surface area contributed by atoms with Crippen LogP contribution in [0.25, 0.3) is 0 Å². The molecule has 0 aliphatic heterocycles. The molecule has 0 aromatic rings. The van der Waals surface area contributed by atoms with Gasteiger partial charge in [0.1, 0.15) is 0 Å². The highest BCUT2D eigenvalue weighted by molar-refractivity contribution is 6.15. The Morgan fingerprint density at radius 2 is 2.17 bits per heavy atom. The van der Waals surface area contributed by atoms with Gasteiger partial charge in [0.05, 0.1) is 0 Å². The lowest BCUT2D eigenvalue weighted by Gasteiger charge is -2.03. The van der Waals surface area contributed by atoms with Crippen LogP contribution < -0.4 is 0 Å². The van der Waals surface area contributed by atoms with E-state index < -0.39 is 0 Å². The van der Waals surface area contributed by atoms with E-state index in [9.17, 15) is 0 Å². The quantitative estimate of drug-likeness (QED) is 0.347. The molecule has 0 aliphatic carbocycles. The van der Waals surface area contributed by atoms with Gasteiger partial charge in [-0.1, -0.05) is 0 Å². The minimum atomic E-state index is 0.625. The van der Waals surface area contributed by atoms with Crippen molar-refractivity contribution in [3.63, 3.8) is 0 Å². The molecular weight excluding hydrogens is 80.8 g/mol. The second kappa shape index (κ2) is 3.15. The number of hydrogen-bond acceptors (Lipinski definition) is 3. The zero-order valence-corrected chi connectivity index (χ0v) is 3.88. The van der Waals surface area contributed by atoms with Gasteiger partial charge in [-0.15, -0.1) is 0 Å². The van der Waals surface area contributed by atoms with Gasteiger partial charge >= 0.3 is 7.69 Å². The van der Waals surface area contributed by atoms with Gasteiger partial charge in [0.15, 0.2) is 0 Å². The first-order valence-corrected chi connectivity index (χ1v) is 1.57. The lowest BCUT2D eigenvalue weighted by molar-refractivity contribution is -0.0152. The maximum atomic E-state index is 7.85. The highest BCUT2D eigenvalue weighted by atomic mass is 16.7. The zero-order chi connectivity index (χ0) is 4.99.